The SMILES string of the molecule is CCNC(=NCc1ccnc(N2CCCCC2)c1)NCC(C)(C)SC. The van der Waals surface area contributed by atoms with E-state index in [0.717, 1.165) is 38.0 Å². The quantitative estimate of drug-likeness (QED) is 0.575. The van der Waals surface area contributed by atoms with Gasteiger partial charge in [0.15, 0.2) is 5.96 Å². The van der Waals surface area contributed by atoms with Crippen LogP contribution in [0.4, 0.5) is 5.82 Å². The summed E-state index contributed by atoms with van der Waals surface area (Å²) >= 11 is 1.86. The smallest absolute Gasteiger partial charge is 0.191 e. The lowest BCUT2D eigenvalue weighted by molar-refractivity contribution is 0.573. The first-order chi connectivity index (χ1) is 12.0. The number of thioether (sulfide) groups is 1. The maximum absolute atomic E-state index is 4.75. The zero-order chi connectivity index (χ0) is 18.1. The number of piperidine rings is 1. The minimum atomic E-state index is 0.189. The molecule has 1 aromatic rings. The van der Waals surface area contributed by atoms with Gasteiger partial charge >= 0.3 is 0 Å². The summed E-state index contributed by atoms with van der Waals surface area (Å²) in [4.78, 5) is 11.7. The monoisotopic (exact) mass is 363 g/mol. The van der Waals surface area contributed by atoms with E-state index in [9.17, 15) is 0 Å². The highest BCUT2D eigenvalue weighted by molar-refractivity contribution is 7.99. The third-order valence-electron chi connectivity index (χ3n) is 4.49. The summed E-state index contributed by atoms with van der Waals surface area (Å²) in [6.45, 7) is 11.2. The minimum absolute atomic E-state index is 0.189. The Morgan fingerprint density at radius 2 is 2.04 bits per heavy atom. The second kappa shape index (κ2) is 9.90. The third-order valence-corrected chi connectivity index (χ3v) is 5.74. The first kappa shape index (κ1) is 19.9. The van der Waals surface area contributed by atoms with Crippen LogP contribution in [0.25, 0.3) is 0 Å². The standard InChI is InChI=1S/C19H33N5S/c1-5-20-18(23-15-19(2,3)25-4)22-14-16-9-10-21-17(13-16)24-11-7-6-8-12-24/h9-10,13H,5-8,11-12,14-15H2,1-4H3,(H2,20,22,23). The highest BCUT2D eigenvalue weighted by atomic mass is 32.2. The van der Waals surface area contributed by atoms with E-state index in [4.69, 9.17) is 4.99 Å². The number of anilines is 1. The molecule has 1 aromatic heterocycles. The molecule has 0 amide bonds. The molecule has 25 heavy (non-hydrogen) atoms. The van der Waals surface area contributed by atoms with E-state index < -0.39 is 0 Å². The van der Waals surface area contributed by atoms with Crippen molar-refractivity contribution in [2.75, 3.05) is 37.3 Å². The average molecular weight is 364 g/mol. The van der Waals surface area contributed by atoms with E-state index in [1.54, 1.807) is 0 Å². The van der Waals surface area contributed by atoms with Crippen molar-refractivity contribution in [2.45, 2.75) is 51.3 Å². The summed E-state index contributed by atoms with van der Waals surface area (Å²) in [6, 6.07) is 4.25. The predicted octanol–water partition coefficient (Wildman–Crippen LogP) is 3.27. The van der Waals surface area contributed by atoms with Gasteiger partial charge in [-0.05, 0) is 64.0 Å². The van der Waals surface area contributed by atoms with Crippen LogP contribution < -0.4 is 15.5 Å². The average Bonchev–Trinajstić information content (AvgIpc) is 2.65. The Bertz CT molecular complexity index is 553. The number of hydrogen-bond acceptors (Lipinski definition) is 4. The van der Waals surface area contributed by atoms with Gasteiger partial charge in [-0.2, -0.15) is 11.8 Å². The normalized spacial score (nSPS) is 16.0. The van der Waals surface area contributed by atoms with Crippen molar-refractivity contribution in [1.82, 2.24) is 15.6 Å². The molecule has 0 atom stereocenters. The third kappa shape index (κ3) is 6.77. The number of aliphatic imine (C=N–C) groups is 1. The number of rotatable bonds is 7. The molecule has 0 radical (unpaired) electrons. The lowest BCUT2D eigenvalue weighted by Gasteiger charge is -2.27. The summed E-state index contributed by atoms with van der Waals surface area (Å²) in [5.74, 6) is 1.97. The number of nitrogens with one attached hydrogen (secondary N) is 2. The maximum Gasteiger partial charge on any atom is 0.191 e. The van der Waals surface area contributed by atoms with Crippen LogP contribution in [0.1, 0.15) is 45.6 Å². The second-order valence-corrected chi connectivity index (χ2v) is 8.60. The van der Waals surface area contributed by atoms with Crippen LogP contribution >= 0.6 is 11.8 Å². The second-order valence-electron chi connectivity index (χ2n) is 7.08. The van der Waals surface area contributed by atoms with E-state index in [0.29, 0.717) is 6.54 Å². The molecule has 5 nitrogen and oxygen atoms in total. The molecule has 2 rings (SSSR count). The van der Waals surface area contributed by atoms with Gasteiger partial charge in [-0.3, -0.25) is 0 Å². The first-order valence-corrected chi connectivity index (χ1v) is 10.5. The largest absolute Gasteiger partial charge is 0.357 e. The Kier molecular flexibility index (Phi) is 7.88. The molecule has 0 unspecified atom stereocenters. The van der Waals surface area contributed by atoms with Crippen LogP contribution in [0.2, 0.25) is 0 Å². The van der Waals surface area contributed by atoms with Crippen LogP contribution in [0.5, 0.6) is 0 Å². The fraction of sp³-hybridized carbons (Fsp3) is 0.684. The molecule has 2 heterocycles. The van der Waals surface area contributed by atoms with Gasteiger partial charge in [0, 0.05) is 37.1 Å². The molecule has 0 aliphatic carbocycles. The molecule has 1 saturated heterocycles. The first-order valence-electron chi connectivity index (χ1n) is 9.31. The Labute approximate surface area is 157 Å². The summed E-state index contributed by atoms with van der Waals surface area (Å²) in [5, 5.41) is 6.78. The molecule has 2 N–H and O–H groups in total. The zero-order valence-electron chi connectivity index (χ0n) is 16.1. The zero-order valence-corrected chi connectivity index (χ0v) is 17.0. The van der Waals surface area contributed by atoms with Gasteiger partial charge in [-0.15, -0.1) is 0 Å². The van der Waals surface area contributed by atoms with Gasteiger partial charge in [0.25, 0.3) is 0 Å². The Morgan fingerprint density at radius 3 is 2.72 bits per heavy atom. The molecule has 1 aliphatic heterocycles. The Morgan fingerprint density at radius 1 is 1.28 bits per heavy atom. The molecule has 0 saturated carbocycles. The van der Waals surface area contributed by atoms with Crippen molar-refractivity contribution in [1.29, 1.82) is 0 Å². The van der Waals surface area contributed by atoms with Crippen molar-refractivity contribution in [2.24, 2.45) is 4.99 Å². The van der Waals surface area contributed by atoms with Crippen molar-refractivity contribution in [3.8, 4) is 0 Å². The predicted molar refractivity (Wildman–Crippen MR) is 111 cm³/mol. The summed E-state index contributed by atoms with van der Waals surface area (Å²) in [7, 11) is 0. The van der Waals surface area contributed by atoms with E-state index in [-0.39, 0.29) is 4.75 Å². The molecule has 1 aliphatic rings. The van der Waals surface area contributed by atoms with Crippen molar-refractivity contribution >= 4 is 23.5 Å². The van der Waals surface area contributed by atoms with Crippen LogP contribution in [-0.4, -0.2) is 48.1 Å². The highest BCUT2D eigenvalue weighted by Crippen LogP contribution is 2.20. The number of aromatic nitrogens is 1. The summed E-state index contributed by atoms with van der Waals surface area (Å²) in [6.07, 6.45) is 7.93. The lowest BCUT2D eigenvalue weighted by Crippen LogP contribution is -2.43. The Balaban J connectivity index is 1.99. The van der Waals surface area contributed by atoms with E-state index in [2.05, 4.69) is 59.7 Å². The molecule has 6 heteroatoms. The van der Waals surface area contributed by atoms with Crippen molar-refractivity contribution < 1.29 is 0 Å². The molecule has 0 bridgehead atoms. The van der Waals surface area contributed by atoms with E-state index >= 15 is 0 Å². The van der Waals surface area contributed by atoms with E-state index in [1.165, 1.54) is 24.8 Å². The lowest BCUT2D eigenvalue weighted by atomic mass is 10.1. The summed E-state index contributed by atoms with van der Waals surface area (Å²) in [5.41, 5.74) is 1.21. The van der Waals surface area contributed by atoms with Gasteiger partial charge in [-0.25, -0.2) is 9.98 Å². The van der Waals surface area contributed by atoms with Crippen LogP contribution in [0, 0.1) is 0 Å². The van der Waals surface area contributed by atoms with Crippen LogP contribution in [0.15, 0.2) is 23.3 Å². The molecule has 140 valence electrons. The molecule has 1 fully saturated rings. The molecular formula is C19H33N5S. The maximum atomic E-state index is 4.75. The van der Waals surface area contributed by atoms with Gasteiger partial charge in [0.05, 0.1) is 6.54 Å². The summed E-state index contributed by atoms with van der Waals surface area (Å²) < 4.78 is 0.189. The topological polar surface area (TPSA) is 52.6 Å². The number of hydrogen-bond donors (Lipinski definition) is 2. The van der Waals surface area contributed by atoms with Gasteiger partial charge < -0.3 is 15.5 Å². The van der Waals surface area contributed by atoms with Crippen LogP contribution in [-0.2, 0) is 6.54 Å². The molecule has 0 spiro atoms. The van der Waals surface area contributed by atoms with Gasteiger partial charge in [0.1, 0.15) is 5.82 Å². The fourth-order valence-electron chi connectivity index (χ4n) is 2.74. The van der Waals surface area contributed by atoms with Crippen molar-refractivity contribution in [3.63, 3.8) is 0 Å². The van der Waals surface area contributed by atoms with Gasteiger partial charge in [0.2, 0.25) is 0 Å². The number of nitrogens with zero attached hydrogens (tertiary/aromatic N) is 3. The van der Waals surface area contributed by atoms with E-state index in [1.807, 2.05) is 18.0 Å². The molecular weight excluding hydrogens is 330 g/mol. The van der Waals surface area contributed by atoms with Crippen LogP contribution in [0.3, 0.4) is 0 Å². The minimum Gasteiger partial charge on any atom is -0.357 e. The number of pyridine rings is 1. The van der Waals surface area contributed by atoms with Crippen molar-refractivity contribution in [3.05, 3.63) is 23.9 Å². The number of guanidine groups is 1. The molecule has 0 aromatic carbocycles. The highest BCUT2D eigenvalue weighted by Gasteiger charge is 2.16. The fourth-order valence-corrected chi connectivity index (χ4v) is 2.95. The Hall–Kier alpha value is -1.43. The van der Waals surface area contributed by atoms with Gasteiger partial charge in [-0.1, -0.05) is 0 Å².